The molecule has 0 aromatic heterocycles. The van der Waals surface area contributed by atoms with Gasteiger partial charge in [0.15, 0.2) is 15.1 Å². The molecule has 1 heterocycles. The monoisotopic (exact) mass is 343 g/mol. The Kier molecular flexibility index (Phi) is 5.34. The van der Waals surface area contributed by atoms with Crippen molar-refractivity contribution >= 4 is 31.8 Å². The summed E-state index contributed by atoms with van der Waals surface area (Å²) in [6.07, 6.45) is 0.00271. The van der Waals surface area contributed by atoms with Crippen LogP contribution in [0.3, 0.4) is 0 Å². The van der Waals surface area contributed by atoms with Crippen molar-refractivity contribution in [3.63, 3.8) is 0 Å². The minimum atomic E-state index is -4.33. The Morgan fingerprint density at radius 3 is 2.38 bits per heavy atom. The maximum absolute atomic E-state index is 12.3. The average Bonchev–Trinajstić information content (AvgIpc) is 2.73. The van der Waals surface area contributed by atoms with E-state index in [0.29, 0.717) is 4.31 Å². The van der Waals surface area contributed by atoms with Crippen LogP contribution in [0.15, 0.2) is 0 Å². The van der Waals surface area contributed by atoms with Gasteiger partial charge in [-0.15, -0.1) is 0 Å². The normalized spacial score (nSPS) is 22.9. The van der Waals surface area contributed by atoms with Gasteiger partial charge in [-0.25, -0.2) is 16.8 Å². The number of rotatable bonds is 6. The van der Waals surface area contributed by atoms with E-state index in [-0.39, 0.29) is 12.2 Å². The molecule has 1 fully saturated rings. The molecule has 21 heavy (non-hydrogen) atoms. The van der Waals surface area contributed by atoms with Gasteiger partial charge in [0.2, 0.25) is 10.0 Å². The van der Waals surface area contributed by atoms with Crippen molar-refractivity contribution in [2.24, 2.45) is 0 Å². The van der Waals surface area contributed by atoms with Crippen LogP contribution in [0, 0.1) is 0 Å². The van der Waals surface area contributed by atoms with E-state index in [9.17, 15) is 26.4 Å². The molecule has 1 aliphatic heterocycles. The lowest BCUT2D eigenvalue weighted by Gasteiger charge is -2.27. The maximum atomic E-state index is 12.3. The number of hydrogen-bond donors (Lipinski definition) is 1. The van der Waals surface area contributed by atoms with Crippen molar-refractivity contribution in [3.05, 3.63) is 0 Å². The quantitative estimate of drug-likeness (QED) is 0.573. The Labute approximate surface area is 122 Å². The Morgan fingerprint density at radius 2 is 2.00 bits per heavy atom. The summed E-state index contributed by atoms with van der Waals surface area (Å²) in [6, 6.07) is -0.983. The molecule has 0 aromatic rings. The third-order valence-corrected chi connectivity index (χ3v) is 7.13. The van der Waals surface area contributed by atoms with Gasteiger partial charge < -0.3 is 9.84 Å². The number of aliphatic carboxylic acids is 1. The molecule has 0 amide bonds. The van der Waals surface area contributed by atoms with Crippen molar-refractivity contribution < 1.29 is 36.3 Å². The Balaban J connectivity index is 3.13. The summed E-state index contributed by atoms with van der Waals surface area (Å²) in [6.45, 7) is 0.170. The predicted octanol–water partition coefficient (Wildman–Crippen LogP) is -1.55. The molecule has 0 bridgehead atoms. The van der Waals surface area contributed by atoms with Crippen LogP contribution in [-0.2, 0) is 34.2 Å². The zero-order valence-electron chi connectivity index (χ0n) is 11.6. The minimum absolute atomic E-state index is 0.00271. The van der Waals surface area contributed by atoms with Crippen LogP contribution < -0.4 is 0 Å². The van der Waals surface area contributed by atoms with E-state index in [1.807, 2.05) is 0 Å². The molecule has 1 N–H and O–H groups in total. The number of methoxy groups -OCH3 is 1. The fraction of sp³-hybridized carbons (Fsp3) is 0.800. The Hall–Kier alpha value is -1.20. The molecule has 11 heteroatoms. The molecule has 0 aromatic carbocycles. The molecule has 2 atom stereocenters. The number of nitrogens with zero attached hydrogens (tertiary/aromatic N) is 1. The molecule has 2 unspecified atom stereocenters. The third-order valence-electron chi connectivity index (χ3n) is 3.21. The first kappa shape index (κ1) is 17.9. The lowest BCUT2D eigenvalue weighted by Crippen LogP contribution is -2.49. The molecule has 0 aliphatic carbocycles. The first-order valence-electron chi connectivity index (χ1n) is 6.02. The second-order valence-electron chi connectivity index (χ2n) is 4.71. The van der Waals surface area contributed by atoms with E-state index in [4.69, 9.17) is 5.11 Å². The third kappa shape index (κ3) is 4.14. The second kappa shape index (κ2) is 6.28. The van der Waals surface area contributed by atoms with Crippen molar-refractivity contribution in [1.82, 2.24) is 4.31 Å². The highest BCUT2D eigenvalue weighted by Gasteiger charge is 2.43. The number of carboxylic acid groups (broad SMARTS) is 1. The van der Waals surface area contributed by atoms with E-state index < -0.39 is 55.4 Å². The van der Waals surface area contributed by atoms with Crippen LogP contribution in [0.2, 0.25) is 0 Å². The highest BCUT2D eigenvalue weighted by atomic mass is 32.2. The molecule has 0 radical (unpaired) electrons. The zero-order valence-corrected chi connectivity index (χ0v) is 13.2. The molecule has 9 nitrogen and oxygen atoms in total. The summed E-state index contributed by atoms with van der Waals surface area (Å²) in [4.78, 5) is 22.3. The van der Waals surface area contributed by atoms with Crippen LogP contribution in [0.5, 0.6) is 0 Å². The fourth-order valence-electron chi connectivity index (χ4n) is 2.05. The molecule has 1 rings (SSSR count). The van der Waals surface area contributed by atoms with Gasteiger partial charge >= 0.3 is 11.9 Å². The number of carbonyl (C=O) groups is 2. The molecule has 1 aliphatic rings. The van der Waals surface area contributed by atoms with Crippen LogP contribution in [0.1, 0.15) is 13.3 Å². The Morgan fingerprint density at radius 1 is 1.43 bits per heavy atom. The van der Waals surface area contributed by atoms with E-state index in [1.165, 1.54) is 0 Å². The van der Waals surface area contributed by atoms with Crippen molar-refractivity contribution in [3.8, 4) is 0 Å². The van der Waals surface area contributed by atoms with E-state index >= 15 is 0 Å². The van der Waals surface area contributed by atoms with Crippen molar-refractivity contribution in [2.45, 2.75) is 24.6 Å². The molecule has 0 saturated carbocycles. The van der Waals surface area contributed by atoms with Gasteiger partial charge in [-0.2, -0.15) is 4.31 Å². The summed E-state index contributed by atoms with van der Waals surface area (Å²) in [7, 11) is -6.72. The van der Waals surface area contributed by atoms with Crippen LogP contribution in [0.25, 0.3) is 0 Å². The average molecular weight is 343 g/mol. The number of hydrogen-bond acceptors (Lipinski definition) is 7. The fourth-order valence-corrected chi connectivity index (χ4v) is 5.51. The second-order valence-corrected chi connectivity index (χ2v) is 9.14. The lowest BCUT2D eigenvalue weighted by atomic mass is 10.2. The summed E-state index contributed by atoms with van der Waals surface area (Å²) in [5.74, 6) is -3.13. The molecule has 1 saturated heterocycles. The SMILES string of the molecule is COC(=O)C(C)S(=O)(=O)N(CC(=O)O)C1CCS(=O)(=O)C1. The summed E-state index contributed by atoms with van der Waals surface area (Å²) >= 11 is 0. The minimum Gasteiger partial charge on any atom is -0.480 e. The Bertz CT molecular complexity index is 623. The van der Waals surface area contributed by atoms with E-state index in [2.05, 4.69) is 4.74 Å². The molecular weight excluding hydrogens is 326 g/mol. The van der Waals surface area contributed by atoms with Gasteiger partial charge in [-0.05, 0) is 13.3 Å². The van der Waals surface area contributed by atoms with Crippen molar-refractivity contribution in [2.75, 3.05) is 25.2 Å². The van der Waals surface area contributed by atoms with Gasteiger partial charge in [0.25, 0.3) is 0 Å². The summed E-state index contributed by atoms with van der Waals surface area (Å²) in [5, 5.41) is 7.24. The summed E-state index contributed by atoms with van der Waals surface area (Å²) in [5.41, 5.74) is 0. The van der Waals surface area contributed by atoms with Crippen LogP contribution in [-0.4, -0.2) is 74.6 Å². The molecule has 0 spiro atoms. The number of sulfonamides is 1. The molecular formula is C10H17NO8S2. The van der Waals surface area contributed by atoms with E-state index in [1.54, 1.807) is 0 Å². The highest BCUT2D eigenvalue weighted by molar-refractivity contribution is 7.92. The van der Waals surface area contributed by atoms with Gasteiger partial charge in [-0.1, -0.05) is 0 Å². The van der Waals surface area contributed by atoms with Gasteiger partial charge in [0, 0.05) is 6.04 Å². The topological polar surface area (TPSA) is 135 Å². The number of carboxylic acids is 1. The largest absolute Gasteiger partial charge is 0.480 e. The number of carbonyl (C=O) groups excluding carboxylic acids is 1. The standard InChI is InChI=1S/C10H17NO8S2/c1-7(10(14)19-2)21(17,18)11(5-9(12)13)8-3-4-20(15,16)6-8/h7-8H,3-6H2,1-2H3,(H,12,13). The number of esters is 1. The van der Waals surface area contributed by atoms with E-state index in [0.717, 1.165) is 14.0 Å². The number of ether oxygens (including phenoxy) is 1. The van der Waals surface area contributed by atoms with Crippen LogP contribution in [0.4, 0.5) is 0 Å². The van der Waals surface area contributed by atoms with Gasteiger partial charge in [0.05, 0.1) is 18.6 Å². The predicted molar refractivity (Wildman–Crippen MR) is 71.8 cm³/mol. The number of sulfone groups is 1. The van der Waals surface area contributed by atoms with Crippen LogP contribution >= 0.6 is 0 Å². The lowest BCUT2D eigenvalue weighted by molar-refractivity contribution is -0.140. The van der Waals surface area contributed by atoms with Crippen molar-refractivity contribution in [1.29, 1.82) is 0 Å². The van der Waals surface area contributed by atoms with Gasteiger partial charge in [0.1, 0.15) is 6.54 Å². The first-order chi connectivity index (χ1) is 9.51. The van der Waals surface area contributed by atoms with Gasteiger partial charge in [-0.3, -0.25) is 9.59 Å². The smallest absolute Gasteiger partial charge is 0.325 e. The zero-order chi connectivity index (χ0) is 16.4. The maximum Gasteiger partial charge on any atom is 0.325 e. The first-order valence-corrected chi connectivity index (χ1v) is 9.34. The molecule has 122 valence electrons. The highest BCUT2D eigenvalue weighted by Crippen LogP contribution is 2.23. The summed E-state index contributed by atoms with van der Waals surface area (Å²) < 4.78 is 52.5.